The fourth-order valence-electron chi connectivity index (χ4n) is 1.06. The second-order valence-corrected chi connectivity index (χ2v) is 2.95. The van der Waals surface area contributed by atoms with Crippen molar-refractivity contribution in [3.63, 3.8) is 0 Å². The predicted molar refractivity (Wildman–Crippen MR) is 56.8 cm³/mol. The van der Waals surface area contributed by atoms with Gasteiger partial charge in [0, 0.05) is 6.07 Å². The number of rotatable bonds is 6. The van der Waals surface area contributed by atoms with E-state index in [1.54, 1.807) is 12.1 Å². The lowest BCUT2D eigenvalue weighted by molar-refractivity contribution is 0.308. The van der Waals surface area contributed by atoms with E-state index in [9.17, 15) is 0 Å². The Bertz CT molecular complexity index is 265. The molecular weight excluding hydrogens is 179 g/mol. The van der Waals surface area contributed by atoms with E-state index in [-0.39, 0.29) is 7.69 Å². The average molecular weight is 194 g/mol. The van der Waals surface area contributed by atoms with Crippen LogP contribution in [0.15, 0.2) is 24.3 Å². The Hall–Kier alpha value is -1.16. The van der Waals surface area contributed by atoms with Gasteiger partial charge < -0.3 is 14.4 Å². The molecule has 1 rings (SSSR count). The Morgan fingerprint density at radius 1 is 1.36 bits per heavy atom. The summed E-state index contributed by atoms with van der Waals surface area (Å²) < 4.78 is 10.4. The molecule has 1 N–H and O–H groups in total. The third kappa shape index (κ3) is 3.70. The molecule has 0 fully saturated rings. The number of benzene rings is 1. The van der Waals surface area contributed by atoms with Gasteiger partial charge in [0.2, 0.25) is 0 Å². The molecule has 0 radical (unpaired) electrons. The van der Waals surface area contributed by atoms with Gasteiger partial charge in [-0.2, -0.15) is 0 Å². The molecule has 0 aliphatic heterocycles. The van der Waals surface area contributed by atoms with Crippen molar-refractivity contribution in [1.82, 2.24) is 0 Å². The third-order valence-corrected chi connectivity index (χ3v) is 1.80. The van der Waals surface area contributed by atoms with Crippen LogP contribution in [0, 0.1) is 0 Å². The van der Waals surface area contributed by atoms with Crippen molar-refractivity contribution in [3.05, 3.63) is 24.3 Å². The number of ether oxygens (including phenoxy) is 1. The molecule has 0 atom stereocenters. The van der Waals surface area contributed by atoms with Crippen LogP contribution < -0.4 is 9.39 Å². The predicted octanol–water partition coefficient (Wildman–Crippen LogP) is 1.50. The summed E-state index contributed by atoms with van der Waals surface area (Å²) in [5, 5.41) is 8.56. The van der Waals surface area contributed by atoms with Gasteiger partial charge in [-0.05, 0) is 18.6 Å². The van der Waals surface area contributed by atoms with Crippen molar-refractivity contribution >= 4 is 7.69 Å². The Morgan fingerprint density at radius 2 is 2.14 bits per heavy atom. The van der Waals surface area contributed by atoms with E-state index in [1.165, 1.54) is 0 Å². The van der Waals surface area contributed by atoms with Gasteiger partial charge in [-0.1, -0.05) is 19.4 Å². The van der Waals surface area contributed by atoms with Crippen molar-refractivity contribution in [2.45, 2.75) is 19.8 Å². The molecular formula is C10H15BO3. The minimum atomic E-state index is -0.307. The Kier molecular flexibility index (Phi) is 4.93. The van der Waals surface area contributed by atoms with Crippen molar-refractivity contribution in [1.29, 1.82) is 0 Å². The lowest BCUT2D eigenvalue weighted by Gasteiger charge is -2.07. The molecule has 76 valence electrons. The number of unbranched alkanes of at least 4 members (excludes halogenated alkanes) is 1. The lowest BCUT2D eigenvalue weighted by Crippen LogP contribution is -2.00. The highest BCUT2D eigenvalue weighted by Gasteiger charge is 1.97. The van der Waals surface area contributed by atoms with E-state index in [0.717, 1.165) is 25.2 Å². The van der Waals surface area contributed by atoms with Crippen LogP contribution in [0.5, 0.6) is 11.5 Å². The molecule has 0 bridgehead atoms. The van der Waals surface area contributed by atoms with E-state index in [2.05, 4.69) is 6.92 Å². The third-order valence-electron chi connectivity index (χ3n) is 1.80. The first-order valence-corrected chi connectivity index (χ1v) is 4.83. The summed E-state index contributed by atoms with van der Waals surface area (Å²) in [4.78, 5) is 0. The second-order valence-electron chi connectivity index (χ2n) is 2.95. The summed E-state index contributed by atoms with van der Waals surface area (Å²) in [6.07, 6.45) is 2.16. The first-order chi connectivity index (χ1) is 6.86. The standard InChI is InChI=1S/C10H15BO3/c1-2-3-7-13-9-5-4-6-10(8-9)14-11-12/h4-6,8,11-12H,2-3,7H2,1H3. The van der Waals surface area contributed by atoms with Crippen molar-refractivity contribution < 1.29 is 14.4 Å². The highest BCUT2D eigenvalue weighted by Crippen LogP contribution is 2.19. The molecule has 0 heterocycles. The summed E-state index contributed by atoms with van der Waals surface area (Å²) in [5.41, 5.74) is 0. The van der Waals surface area contributed by atoms with Gasteiger partial charge in [-0.25, -0.2) is 0 Å². The average Bonchev–Trinajstić information content (AvgIpc) is 2.19. The quantitative estimate of drug-likeness (QED) is 0.550. The highest BCUT2D eigenvalue weighted by molar-refractivity contribution is 6.17. The monoisotopic (exact) mass is 194 g/mol. The summed E-state index contributed by atoms with van der Waals surface area (Å²) in [5.74, 6) is 1.41. The molecule has 1 aromatic rings. The van der Waals surface area contributed by atoms with Crippen LogP contribution in [-0.2, 0) is 0 Å². The van der Waals surface area contributed by atoms with Gasteiger partial charge >= 0.3 is 7.69 Å². The van der Waals surface area contributed by atoms with Gasteiger partial charge in [0.25, 0.3) is 0 Å². The highest BCUT2D eigenvalue weighted by atomic mass is 16.5. The van der Waals surface area contributed by atoms with Crippen LogP contribution in [0.1, 0.15) is 19.8 Å². The molecule has 0 aliphatic rings. The molecule has 0 aliphatic carbocycles. The maximum Gasteiger partial charge on any atom is 0.504 e. The van der Waals surface area contributed by atoms with Crippen LogP contribution >= 0.6 is 0 Å². The van der Waals surface area contributed by atoms with Crippen LogP contribution in [-0.4, -0.2) is 19.3 Å². The molecule has 0 saturated carbocycles. The minimum Gasteiger partial charge on any atom is -0.539 e. The van der Waals surface area contributed by atoms with E-state index >= 15 is 0 Å². The Labute approximate surface area is 85.0 Å². The van der Waals surface area contributed by atoms with Crippen molar-refractivity contribution in [2.24, 2.45) is 0 Å². The topological polar surface area (TPSA) is 38.7 Å². The zero-order valence-electron chi connectivity index (χ0n) is 8.40. The maximum atomic E-state index is 8.56. The number of hydrogen-bond donors (Lipinski definition) is 1. The Balaban J connectivity index is 2.46. The van der Waals surface area contributed by atoms with Crippen LogP contribution in [0.3, 0.4) is 0 Å². The van der Waals surface area contributed by atoms with Gasteiger partial charge in [-0.15, -0.1) is 0 Å². The summed E-state index contributed by atoms with van der Waals surface area (Å²) in [6, 6.07) is 7.26. The van der Waals surface area contributed by atoms with Gasteiger partial charge in [0.15, 0.2) is 0 Å². The molecule has 0 saturated heterocycles. The van der Waals surface area contributed by atoms with E-state index in [1.807, 2.05) is 12.1 Å². The molecule has 1 aromatic carbocycles. The molecule has 14 heavy (non-hydrogen) atoms. The van der Waals surface area contributed by atoms with Crippen LogP contribution in [0.2, 0.25) is 0 Å². The maximum absolute atomic E-state index is 8.56. The second kappa shape index (κ2) is 6.32. The largest absolute Gasteiger partial charge is 0.539 e. The Morgan fingerprint density at radius 3 is 2.86 bits per heavy atom. The molecule has 0 unspecified atom stereocenters. The zero-order chi connectivity index (χ0) is 10.2. The molecule has 0 spiro atoms. The van der Waals surface area contributed by atoms with E-state index in [0.29, 0.717) is 5.75 Å². The van der Waals surface area contributed by atoms with Crippen molar-refractivity contribution in [2.75, 3.05) is 6.61 Å². The van der Waals surface area contributed by atoms with Crippen LogP contribution in [0.4, 0.5) is 0 Å². The lowest BCUT2D eigenvalue weighted by atomic mass is 10.3. The van der Waals surface area contributed by atoms with Crippen molar-refractivity contribution in [3.8, 4) is 11.5 Å². The van der Waals surface area contributed by atoms with Gasteiger partial charge in [0.05, 0.1) is 6.61 Å². The molecule has 3 nitrogen and oxygen atoms in total. The van der Waals surface area contributed by atoms with Crippen LogP contribution in [0.25, 0.3) is 0 Å². The summed E-state index contributed by atoms with van der Waals surface area (Å²) in [6.45, 7) is 2.84. The fraction of sp³-hybridized carbons (Fsp3) is 0.400. The van der Waals surface area contributed by atoms with E-state index < -0.39 is 0 Å². The fourth-order valence-corrected chi connectivity index (χ4v) is 1.06. The van der Waals surface area contributed by atoms with E-state index in [4.69, 9.17) is 14.4 Å². The zero-order valence-corrected chi connectivity index (χ0v) is 8.40. The van der Waals surface area contributed by atoms with Gasteiger partial charge in [0.1, 0.15) is 11.5 Å². The minimum absolute atomic E-state index is 0.307. The molecule has 0 amide bonds. The summed E-state index contributed by atoms with van der Waals surface area (Å²) in [7, 11) is -0.307. The smallest absolute Gasteiger partial charge is 0.504 e. The normalized spacial score (nSPS) is 9.57. The first kappa shape index (κ1) is 10.9. The number of hydrogen-bond acceptors (Lipinski definition) is 3. The first-order valence-electron chi connectivity index (χ1n) is 4.83. The summed E-state index contributed by atoms with van der Waals surface area (Å²) >= 11 is 0. The SMILES string of the molecule is CCCCOc1cccc(OBO)c1. The molecule has 4 heteroatoms. The molecule has 0 aromatic heterocycles. The van der Waals surface area contributed by atoms with Gasteiger partial charge in [-0.3, -0.25) is 0 Å².